The molecule has 1 saturated heterocycles. The molecular weight excluding hydrogens is 196 g/mol. The Balaban J connectivity index is 0.000000980. The molecule has 0 radical (unpaired) electrons. The van der Waals surface area contributed by atoms with Crippen LogP contribution in [0.2, 0.25) is 0 Å². The molecule has 1 fully saturated rings. The fourth-order valence-electron chi connectivity index (χ4n) is 1.69. The molecule has 1 aliphatic heterocycles. The quantitative estimate of drug-likeness (QED) is 0.795. The van der Waals surface area contributed by atoms with Crippen molar-refractivity contribution in [3.8, 4) is 0 Å². The molecule has 1 unspecified atom stereocenters. The molecule has 2 N–H and O–H groups in total. The Labute approximate surface area is 91.5 Å². The first-order valence-corrected chi connectivity index (χ1v) is 4.93. The van der Waals surface area contributed by atoms with Crippen molar-refractivity contribution in [2.24, 2.45) is 0 Å². The van der Waals surface area contributed by atoms with Gasteiger partial charge in [-0.1, -0.05) is 30.3 Å². The largest absolute Gasteiger partial charge is 0.315 e. The molecular formula is C11H17ClN2. The van der Waals surface area contributed by atoms with E-state index in [-0.39, 0.29) is 12.4 Å². The van der Waals surface area contributed by atoms with Gasteiger partial charge in [-0.05, 0) is 18.5 Å². The van der Waals surface area contributed by atoms with Crippen LogP contribution in [-0.4, -0.2) is 19.1 Å². The van der Waals surface area contributed by atoms with E-state index in [9.17, 15) is 0 Å². The van der Waals surface area contributed by atoms with Crippen LogP contribution in [0.1, 0.15) is 12.0 Å². The third-order valence-electron chi connectivity index (χ3n) is 2.50. The monoisotopic (exact) mass is 212 g/mol. The predicted octanol–water partition coefficient (Wildman–Crippen LogP) is 1.56. The summed E-state index contributed by atoms with van der Waals surface area (Å²) >= 11 is 0. The first-order valence-electron chi connectivity index (χ1n) is 4.93. The zero-order valence-corrected chi connectivity index (χ0v) is 9.02. The van der Waals surface area contributed by atoms with Crippen molar-refractivity contribution in [3.05, 3.63) is 35.9 Å². The summed E-state index contributed by atoms with van der Waals surface area (Å²) in [6.45, 7) is 3.27. The Morgan fingerprint density at radius 3 is 2.71 bits per heavy atom. The van der Waals surface area contributed by atoms with Crippen LogP contribution in [0.15, 0.2) is 30.3 Å². The van der Waals surface area contributed by atoms with Crippen LogP contribution in [-0.2, 0) is 6.54 Å². The number of halogens is 1. The van der Waals surface area contributed by atoms with Crippen molar-refractivity contribution in [2.75, 3.05) is 13.1 Å². The van der Waals surface area contributed by atoms with Crippen LogP contribution < -0.4 is 10.6 Å². The van der Waals surface area contributed by atoms with Crippen molar-refractivity contribution in [1.29, 1.82) is 0 Å². The molecule has 14 heavy (non-hydrogen) atoms. The van der Waals surface area contributed by atoms with Crippen molar-refractivity contribution in [3.63, 3.8) is 0 Å². The number of hydrogen-bond acceptors (Lipinski definition) is 2. The molecule has 2 nitrogen and oxygen atoms in total. The number of benzene rings is 1. The number of hydrogen-bond donors (Lipinski definition) is 2. The SMILES string of the molecule is Cl.c1ccc(CNC2CCNC2)cc1. The van der Waals surface area contributed by atoms with Gasteiger partial charge in [0.25, 0.3) is 0 Å². The molecule has 78 valence electrons. The highest BCUT2D eigenvalue weighted by molar-refractivity contribution is 5.85. The van der Waals surface area contributed by atoms with Gasteiger partial charge in [-0.3, -0.25) is 0 Å². The molecule has 1 aliphatic rings. The standard InChI is InChI=1S/C11H16N2.ClH/c1-2-4-10(5-3-1)8-13-11-6-7-12-9-11;/h1-5,11-13H,6-9H2;1H. The Bertz CT molecular complexity index is 245. The van der Waals surface area contributed by atoms with Gasteiger partial charge in [0.05, 0.1) is 0 Å². The van der Waals surface area contributed by atoms with Crippen molar-refractivity contribution >= 4 is 12.4 Å². The van der Waals surface area contributed by atoms with Crippen LogP contribution in [0.5, 0.6) is 0 Å². The second-order valence-corrected chi connectivity index (χ2v) is 3.56. The van der Waals surface area contributed by atoms with E-state index < -0.39 is 0 Å². The third-order valence-corrected chi connectivity index (χ3v) is 2.50. The molecule has 3 heteroatoms. The van der Waals surface area contributed by atoms with Crippen LogP contribution >= 0.6 is 12.4 Å². The maximum absolute atomic E-state index is 3.54. The van der Waals surface area contributed by atoms with E-state index in [4.69, 9.17) is 0 Å². The normalized spacial score (nSPS) is 20.4. The van der Waals surface area contributed by atoms with Crippen LogP contribution in [0.3, 0.4) is 0 Å². The summed E-state index contributed by atoms with van der Waals surface area (Å²) in [6, 6.07) is 11.2. The lowest BCUT2D eigenvalue weighted by Gasteiger charge is -2.10. The minimum absolute atomic E-state index is 0. The van der Waals surface area contributed by atoms with Gasteiger partial charge in [0.2, 0.25) is 0 Å². The molecule has 0 spiro atoms. The Morgan fingerprint density at radius 1 is 1.29 bits per heavy atom. The van der Waals surface area contributed by atoms with Crippen molar-refractivity contribution in [2.45, 2.75) is 19.0 Å². The molecule has 0 aliphatic carbocycles. The van der Waals surface area contributed by atoms with Gasteiger partial charge in [-0.15, -0.1) is 12.4 Å². The van der Waals surface area contributed by atoms with E-state index in [0.29, 0.717) is 6.04 Å². The minimum Gasteiger partial charge on any atom is -0.315 e. The highest BCUT2D eigenvalue weighted by atomic mass is 35.5. The highest BCUT2D eigenvalue weighted by Gasteiger charge is 2.12. The molecule has 1 heterocycles. The van der Waals surface area contributed by atoms with Gasteiger partial charge in [-0.2, -0.15) is 0 Å². The summed E-state index contributed by atoms with van der Waals surface area (Å²) in [4.78, 5) is 0. The van der Waals surface area contributed by atoms with Gasteiger partial charge in [0.1, 0.15) is 0 Å². The highest BCUT2D eigenvalue weighted by Crippen LogP contribution is 2.01. The zero-order chi connectivity index (χ0) is 8.93. The summed E-state index contributed by atoms with van der Waals surface area (Å²) in [6.07, 6.45) is 1.26. The second-order valence-electron chi connectivity index (χ2n) is 3.56. The Hall–Kier alpha value is -0.570. The van der Waals surface area contributed by atoms with Gasteiger partial charge >= 0.3 is 0 Å². The number of nitrogens with one attached hydrogen (secondary N) is 2. The maximum Gasteiger partial charge on any atom is 0.0208 e. The third kappa shape index (κ3) is 3.29. The summed E-state index contributed by atoms with van der Waals surface area (Å²) in [7, 11) is 0. The average Bonchev–Trinajstić information content (AvgIpc) is 2.69. The topological polar surface area (TPSA) is 24.1 Å². The van der Waals surface area contributed by atoms with E-state index >= 15 is 0 Å². The van der Waals surface area contributed by atoms with Gasteiger partial charge in [0.15, 0.2) is 0 Å². The Morgan fingerprint density at radius 2 is 2.07 bits per heavy atom. The fourth-order valence-corrected chi connectivity index (χ4v) is 1.69. The lowest BCUT2D eigenvalue weighted by atomic mass is 10.2. The molecule has 0 bridgehead atoms. The number of rotatable bonds is 3. The van der Waals surface area contributed by atoms with Crippen molar-refractivity contribution < 1.29 is 0 Å². The van der Waals surface area contributed by atoms with E-state index in [1.54, 1.807) is 0 Å². The first-order chi connectivity index (χ1) is 6.45. The average molecular weight is 213 g/mol. The zero-order valence-electron chi connectivity index (χ0n) is 8.20. The molecule has 1 atom stereocenters. The molecule has 2 rings (SSSR count). The van der Waals surface area contributed by atoms with E-state index in [2.05, 4.69) is 41.0 Å². The van der Waals surface area contributed by atoms with E-state index in [0.717, 1.165) is 19.6 Å². The predicted molar refractivity (Wildman–Crippen MR) is 61.8 cm³/mol. The lowest BCUT2D eigenvalue weighted by molar-refractivity contribution is 0.547. The van der Waals surface area contributed by atoms with Gasteiger partial charge < -0.3 is 10.6 Å². The summed E-state index contributed by atoms with van der Waals surface area (Å²) in [5.41, 5.74) is 1.37. The fraction of sp³-hybridized carbons (Fsp3) is 0.455. The first kappa shape index (κ1) is 11.5. The van der Waals surface area contributed by atoms with E-state index in [1.165, 1.54) is 12.0 Å². The van der Waals surface area contributed by atoms with Crippen LogP contribution in [0.25, 0.3) is 0 Å². The van der Waals surface area contributed by atoms with Gasteiger partial charge in [-0.25, -0.2) is 0 Å². The van der Waals surface area contributed by atoms with Crippen LogP contribution in [0, 0.1) is 0 Å². The van der Waals surface area contributed by atoms with E-state index in [1.807, 2.05) is 0 Å². The Kier molecular flexibility index (Phi) is 4.94. The summed E-state index contributed by atoms with van der Waals surface area (Å²) < 4.78 is 0. The second kappa shape index (κ2) is 6.02. The smallest absolute Gasteiger partial charge is 0.0208 e. The summed E-state index contributed by atoms with van der Waals surface area (Å²) in [5, 5.41) is 6.88. The molecule has 0 amide bonds. The molecule has 0 saturated carbocycles. The molecule has 0 aromatic heterocycles. The van der Waals surface area contributed by atoms with Crippen LogP contribution in [0.4, 0.5) is 0 Å². The maximum atomic E-state index is 3.54. The van der Waals surface area contributed by atoms with Gasteiger partial charge in [0, 0.05) is 19.1 Å². The van der Waals surface area contributed by atoms with Crippen molar-refractivity contribution in [1.82, 2.24) is 10.6 Å². The minimum atomic E-state index is 0. The summed E-state index contributed by atoms with van der Waals surface area (Å²) in [5.74, 6) is 0. The molecule has 1 aromatic rings. The molecule has 1 aromatic carbocycles. The lowest BCUT2D eigenvalue weighted by Crippen LogP contribution is -2.30.